The Labute approximate surface area is 165 Å². The van der Waals surface area contributed by atoms with Crippen molar-refractivity contribution in [2.45, 2.75) is 33.2 Å². The molecule has 144 valence electrons. The monoisotopic (exact) mass is 376 g/mol. The van der Waals surface area contributed by atoms with E-state index in [0.717, 1.165) is 6.42 Å². The number of para-hydroxylation sites is 3. The van der Waals surface area contributed by atoms with Crippen molar-refractivity contribution < 1.29 is 9.53 Å². The fourth-order valence-electron chi connectivity index (χ4n) is 2.57. The standard InChI is InChI=1S/C22H24N4O2/c1-4-15(2)23-21-14-19(24-16(3)25-21)22(27)26-18-12-8-9-13-20(18)28-17-10-6-5-7-11-17/h5-15H,4H2,1-3H3,(H,26,27)(H,23,24,25). The average Bonchev–Trinajstić information content (AvgIpc) is 2.69. The van der Waals surface area contributed by atoms with E-state index < -0.39 is 0 Å². The van der Waals surface area contributed by atoms with E-state index in [0.29, 0.717) is 34.5 Å². The molecule has 3 rings (SSSR count). The quantitative estimate of drug-likeness (QED) is 0.604. The Morgan fingerprint density at radius 1 is 1.07 bits per heavy atom. The first-order chi connectivity index (χ1) is 13.5. The van der Waals surface area contributed by atoms with Crippen molar-refractivity contribution >= 4 is 17.4 Å². The van der Waals surface area contributed by atoms with Crippen molar-refractivity contribution in [3.63, 3.8) is 0 Å². The first-order valence-corrected chi connectivity index (χ1v) is 9.30. The van der Waals surface area contributed by atoms with Gasteiger partial charge in [0, 0.05) is 12.1 Å². The Morgan fingerprint density at radius 2 is 1.79 bits per heavy atom. The molecule has 0 aliphatic carbocycles. The van der Waals surface area contributed by atoms with E-state index in [-0.39, 0.29) is 11.9 Å². The highest BCUT2D eigenvalue weighted by atomic mass is 16.5. The summed E-state index contributed by atoms with van der Waals surface area (Å²) in [5, 5.41) is 6.17. The van der Waals surface area contributed by atoms with Crippen LogP contribution in [0, 0.1) is 6.92 Å². The summed E-state index contributed by atoms with van der Waals surface area (Å²) in [4.78, 5) is 21.4. The van der Waals surface area contributed by atoms with Crippen LogP contribution in [0.2, 0.25) is 0 Å². The number of carbonyl (C=O) groups is 1. The molecule has 1 aromatic heterocycles. The summed E-state index contributed by atoms with van der Waals surface area (Å²) in [6.07, 6.45) is 0.953. The van der Waals surface area contributed by atoms with Crippen LogP contribution in [0.15, 0.2) is 60.7 Å². The van der Waals surface area contributed by atoms with Crippen LogP contribution in [-0.4, -0.2) is 21.9 Å². The van der Waals surface area contributed by atoms with Crippen molar-refractivity contribution in [2.24, 2.45) is 0 Å². The average molecular weight is 376 g/mol. The highest BCUT2D eigenvalue weighted by Crippen LogP contribution is 2.29. The molecule has 6 heteroatoms. The van der Waals surface area contributed by atoms with Crippen molar-refractivity contribution in [3.8, 4) is 11.5 Å². The van der Waals surface area contributed by atoms with Gasteiger partial charge < -0.3 is 15.4 Å². The van der Waals surface area contributed by atoms with Gasteiger partial charge in [0.2, 0.25) is 0 Å². The summed E-state index contributed by atoms with van der Waals surface area (Å²) in [5.74, 6) is 2.11. The summed E-state index contributed by atoms with van der Waals surface area (Å²) in [7, 11) is 0. The minimum absolute atomic E-state index is 0.255. The molecule has 1 amide bonds. The van der Waals surface area contributed by atoms with E-state index in [1.54, 1.807) is 19.1 Å². The smallest absolute Gasteiger partial charge is 0.274 e. The Balaban J connectivity index is 1.80. The van der Waals surface area contributed by atoms with Crippen molar-refractivity contribution in [2.75, 3.05) is 10.6 Å². The van der Waals surface area contributed by atoms with Gasteiger partial charge >= 0.3 is 0 Å². The third kappa shape index (κ3) is 5.07. The second kappa shape index (κ2) is 8.99. The number of aryl methyl sites for hydroxylation is 1. The van der Waals surface area contributed by atoms with Crippen LogP contribution in [-0.2, 0) is 0 Å². The van der Waals surface area contributed by atoms with Gasteiger partial charge in [-0.1, -0.05) is 37.3 Å². The van der Waals surface area contributed by atoms with Crippen LogP contribution in [0.4, 0.5) is 11.5 Å². The molecule has 0 fully saturated rings. The first-order valence-electron chi connectivity index (χ1n) is 9.30. The van der Waals surface area contributed by atoms with Crippen LogP contribution in [0.25, 0.3) is 0 Å². The fraction of sp³-hybridized carbons (Fsp3) is 0.227. The van der Waals surface area contributed by atoms with Crippen LogP contribution >= 0.6 is 0 Å². The van der Waals surface area contributed by atoms with Gasteiger partial charge in [-0.05, 0) is 44.5 Å². The number of nitrogens with zero attached hydrogens (tertiary/aromatic N) is 2. The number of anilines is 2. The topological polar surface area (TPSA) is 76.1 Å². The molecule has 0 bridgehead atoms. The summed E-state index contributed by atoms with van der Waals surface area (Å²) < 4.78 is 5.90. The summed E-state index contributed by atoms with van der Waals surface area (Å²) in [5.41, 5.74) is 0.872. The van der Waals surface area contributed by atoms with Crippen molar-refractivity contribution in [1.29, 1.82) is 0 Å². The Kier molecular flexibility index (Phi) is 6.22. The maximum Gasteiger partial charge on any atom is 0.274 e. The lowest BCUT2D eigenvalue weighted by atomic mass is 10.2. The van der Waals surface area contributed by atoms with Crippen molar-refractivity contribution in [1.82, 2.24) is 9.97 Å². The molecule has 0 saturated heterocycles. The molecule has 0 spiro atoms. The van der Waals surface area contributed by atoms with Crippen LogP contribution < -0.4 is 15.4 Å². The van der Waals surface area contributed by atoms with Crippen LogP contribution in [0.1, 0.15) is 36.6 Å². The number of ether oxygens (including phenoxy) is 1. The second-order valence-corrected chi connectivity index (χ2v) is 6.50. The maximum absolute atomic E-state index is 12.8. The third-order valence-electron chi connectivity index (χ3n) is 4.18. The lowest BCUT2D eigenvalue weighted by Gasteiger charge is -2.14. The molecule has 2 N–H and O–H groups in total. The number of amides is 1. The van der Waals surface area contributed by atoms with Gasteiger partial charge in [-0.2, -0.15) is 0 Å². The highest BCUT2D eigenvalue weighted by Gasteiger charge is 2.14. The van der Waals surface area contributed by atoms with E-state index in [1.165, 1.54) is 0 Å². The highest BCUT2D eigenvalue weighted by molar-refractivity contribution is 6.04. The molecular weight excluding hydrogens is 352 g/mol. The molecule has 6 nitrogen and oxygen atoms in total. The number of carbonyl (C=O) groups excluding carboxylic acids is 1. The van der Waals surface area contributed by atoms with Crippen LogP contribution in [0.5, 0.6) is 11.5 Å². The van der Waals surface area contributed by atoms with E-state index in [2.05, 4.69) is 34.4 Å². The Bertz CT molecular complexity index is 944. The Hall–Kier alpha value is -3.41. The van der Waals surface area contributed by atoms with Gasteiger partial charge in [-0.25, -0.2) is 9.97 Å². The minimum atomic E-state index is -0.318. The lowest BCUT2D eigenvalue weighted by Crippen LogP contribution is -2.19. The largest absolute Gasteiger partial charge is 0.455 e. The molecule has 28 heavy (non-hydrogen) atoms. The predicted octanol–water partition coefficient (Wildman–Crippen LogP) is 5.04. The molecular formula is C22H24N4O2. The van der Waals surface area contributed by atoms with E-state index in [9.17, 15) is 4.79 Å². The van der Waals surface area contributed by atoms with E-state index in [1.807, 2.05) is 48.5 Å². The zero-order valence-electron chi connectivity index (χ0n) is 16.3. The molecule has 0 aliphatic rings. The van der Waals surface area contributed by atoms with Gasteiger partial charge in [0.15, 0.2) is 5.75 Å². The summed E-state index contributed by atoms with van der Waals surface area (Å²) >= 11 is 0. The molecule has 1 heterocycles. The van der Waals surface area contributed by atoms with E-state index >= 15 is 0 Å². The number of nitrogens with one attached hydrogen (secondary N) is 2. The molecule has 0 aliphatic heterocycles. The van der Waals surface area contributed by atoms with Crippen LogP contribution in [0.3, 0.4) is 0 Å². The van der Waals surface area contributed by atoms with Gasteiger partial charge in [-0.3, -0.25) is 4.79 Å². The molecule has 3 aromatic rings. The molecule has 0 radical (unpaired) electrons. The lowest BCUT2D eigenvalue weighted by molar-refractivity contribution is 0.102. The van der Waals surface area contributed by atoms with Crippen molar-refractivity contribution in [3.05, 3.63) is 72.2 Å². The zero-order chi connectivity index (χ0) is 19.9. The summed E-state index contributed by atoms with van der Waals surface area (Å²) in [6.45, 7) is 5.92. The number of hydrogen-bond donors (Lipinski definition) is 2. The maximum atomic E-state index is 12.8. The fourth-order valence-corrected chi connectivity index (χ4v) is 2.57. The minimum Gasteiger partial charge on any atom is -0.455 e. The van der Waals surface area contributed by atoms with Gasteiger partial charge in [-0.15, -0.1) is 0 Å². The summed E-state index contributed by atoms with van der Waals surface area (Å²) in [6, 6.07) is 18.7. The number of benzene rings is 2. The normalized spacial score (nSPS) is 11.5. The molecule has 2 aromatic carbocycles. The van der Waals surface area contributed by atoms with E-state index in [4.69, 9.17) is 4.74 Å². The first kappa shape index (κ1) is 19.4. The van der Waals surface area contributed by atoms with Gasteiger partial charge in [0.25, 0.3) is 5.91 Å². The second-order valence-electron chi connectivity index (χ2n) is 6.50. The Morgan fingerprint density at radius 3 is 2.54 bits per heavy atom. The van der Waals surface area contributed by atoms with Gasteiger partial charge in [0.1, 0.15) is 23.1 Å². The number of rotatable bonds is 7. The molecule has 1 atom stereocenters. The third-order valence-corrected chi connectivity index (χ3v) is 4.18. The zero-order valence-corrected chi connectivity index (χ0v) is 16.3. The van der Waals surface area contributed by atoms with Gasteiger partial charge in [0.05, 0.1) is 5.69 Å². The molecule has 0 saturated carbocycles. The number of hydrogen-bond acceptors (Lipinski definition) is 5. The molecule has 1 unspecified atom stereocenters. The SMILES string of the molecule is CCC(C)Nc1cc(C(=O)Nc2ccccc2Oc2ccccc2)nc(C)n1. The number of aromatic nitrogens is 2. The predicted molar refractivity (Wildman–Crippen MR) is 111 cm³/mol.